The van der Waals surface area contributed by atoms with Crippen molar-refractivity contribution in [1.29, 1.82) is 0 Å². The lowest BCUT2D eigenvalue weighted by atomic mass is 9.97. The highest BCUT2D eigenvalue weighted by Crippen LogP contribution is 2.21. The number of nitrogens with one attached hydrogen (secondary N) is 2. The van der Waals surface area contributed by atoms with Gasteiger partial charge in [0.1, 0.15) is 0 Å². The Kier molecular flexibility index (Phi) is 5.98. The molecule has 0 spiro atoms. The van der Waals surface area contributed by atoms with E-state index in [-0.39, 0.29) is 17.6 Å². The van der Waals surface area contributed by atoms with Crippen LogP contribution in [0.3, 0.4) is 0 Å². The highest BCUT2D eigenvalue weighted by atomic mass is 32.2. The topological polar surface area (TPSA) is 82.3 Å². The summed E-state index contributed by atoms with van der Waals surface area (Å²) >= 11 is 0. The Balaban J connectivity index is 1.46. The lowest BCUT2D eigenvalue weighted by molar-refractivity contribution is -0.126. The Labute approximate surface area is 155 Å². The summed E-state index contributed by atoms with van der Waals surface area (Å²) in [5, 5.41) is 4.20. The van der Waals surface area contributed by atoms with E-state index in [1.165, 1.54) is 15.3 Å². The van der Waals surface area contributed by atoms with Crippen LogP contribution in [-0.4, -0.2) is 49.0 Å². The molecule has 7 heteroatoms. The van der Waals surface area contributed by atoms with Crippen LogP contribution in [0.2, 0.25) is 0 Å². The van der Waals surface area contributed by atoms with Gasteiger partial charge in [-0.2, -0.15) is 0 Å². The number of H-pyrrole nitrogens is 1. The highest BCUT2D eigenvalue weighted by molar-refractivity contribution is 7.89. The van der Waals surface area contributed by atoms with Gasteiger partial charge in [0.2, 0.25) is 15.9 Å². The SMILES string of the molecule is CCCS(=O)(=O)N1CCC(C(=O)NCCc2c[nH]c3ccccc23)CC1. The predicted molar refractivity (Wildman–Crippen MR) is 103 cm³/mol. The number of fused-ring (bicyclic) bond motifs is 1. The van der Waals surface area contributed by atoms with Crippen LogP contribution in [0.5, 0.6) is 0 Å². The molecule has 1 aliphatic heterocycles. The molecular weight excluding hydrogens is 350 g/mol. The van der Waals surface area contributed by atoms with Crippen molar-refractivity contribution in [3.63, 3.8) is 0 Å². The fraction of sp³-hybridized carbons (Fsp3) is 0.526. The van der Waals surface area contributed by atoms with E-state index >= 15 is 0 Å². The molecule has 0 atom stereocenters. The van der Waals surface area contributed by atoms with Crippen LogP contribution in [0.4, 0.5) is 0 Å². The molecule has 1 aliphatic rings. The van der Waals surface area contributed by atoms with Gasteiger partial charge in [0.05, 0.1) is 5.75 Å². The summed E-state index contributed by atoms with van der Waals surface area (Å²) in [6, 6.07) is 8.13. The van der Waals surface area contributed by atoms with Crippen molar-refractivity contribution in [3.05, 3.63) is 36.0 Å². The average molecular weight is 378 g/mol. The summed E-state index contributed by atoms with van der Waals surface area (Å²) in [7, 11) is -3.15. The molecule has 26 heavy (non-hydrogen) atoms. The predicted octanol–water partition coefficient (Wildman–Crippen LogP) is 2.28. The van der Waals surface area contributed by atoms with Crippen molar-refractivity contribution < 1.29 is 13.2 Å². The monoisotopic (exact) mass is 377 g/mol. The van der Waals surface area contributed by atoms with Crippen molar-refractivity contribution in [2.24, 2.45) is 5.92 Å². The minimum atomic E-state index is -3.15. The zero-order valence-electron chi connectivity index (χ0n) is 15.2. The molecule has 1 aromatic carbocycles. The van der Waals surface area contributed by atoms with E-state index in [4.69, 9.17) is 0 Å². The number of benzene rings is 1. The summed E-state index contributed by atoms with van der Waals surface area (Å²) in [6.07, 6.45) is 4.59. The van der Waals surface area contributed by atoms with E-state index in [9.17, 15) is 13.2 Å². The first-order chi connectivity index (χ1) is 12.5. The zero-order chi connectivity index (χ0) is 18.6. The standard InChI is InChI=1S/C19H27N3O3S/c1-2-13-26(24,25)22-11-8-15(9-12-22)19(23)20-10-7-16-14-21-18-6-4-3-5-17(16)18/h3-6,14-15,21H,2,7-13H2,1H3,(H,20,23). The maximum absolute atomic E-state index is 12.4. The van der Waals surface area contributed by atoms with Gasteiger partial charge in [0.15, 0.2) is 0 Å². The number of para-hydroxylation sites is 1. The molecule has 0 radical (unpaired) electrons. The second-order valence-electron chi connectivity index (χ2n) is 6.89. The van der Waals surface area contributed by atoms with E-state index in [1.54, 1.807) is 0 Å². The number of nitrogens with zero attached hydrogens (tertiary/aromatic N) is 1. The fourth-order valence-electron chi connectivity index (χ4n) is 3.59. The molecule has 1 saturated heterocycles. The Morgan fingerprint density at radius 3 is 2.73 bits per heavy atom. The van der Waals surface area contributed by atoms with Crippen molar-refractivity contribution in [2.45, 2.75) is 32.6 Å². The van der Waals surface area contributed by atoms with Crippen LogP contribution in [0.25, 0.3) is 10.9 Å². The van der Waals surface area contributed by atoms with E-state index in [0.29, 0.717) is 38.9 Å². The number of piperidine rings is 1. The molecule has 0 bridgehead atoms. The van der Waals surface area contributed by atoms with Crippen LogP contribution in [-0.2, 0) is 21.2 Å². The third-order valence-corrected chi connectivity index (χ3v) is 7.12. The fourth-order valence-corrected chi connectivity index (χ4v) is 5.13. The van der Waals surface area contributed by atoms with Gasteiger partial charge in [0.25, 0.3) is 0 Å². The van der Waals surface area contributed by atoms with Crippen molar-refractivity contribution >= 4 is 26.8 Å². The number of aromatic nitrogens is 1. The number of amides is 1. The Morgan fingerprint density at radius 1 is 1.27 bits per heavy atom. The number of carbonyl (C=O) groups is 1. The molecule has 1 aromatic heterocycles. The first-order valence-electron chi connectivity index (χ1n) is 9.32. The molecule has 2 N–H and O–H groups in total. The summed E-state index contributed by atoms with van der Waals surface area (Å²) in [4.78, 5) is 15.6. The van der Waals surface area contributed by atoms with Gasteiger partial charge in [-0.1, -0.05) is 25.1 Å². The zero-order valence-corrected chi connectivity index (χ0v) is 16.0. The number of hydrogen-bond donors (Lipinski definition) is 2. The second-order valence-corrected chi connectivity index (χ2v) is 8.98. The summed E-state index contributed by atoms with van der Waals surface area (Å²) < 4.78 is 25.7. The summed E-state index contributed by atoms with van der Waals surface area (Å²) in [6.45, 7) is 3.35. The lowest BCUT2D eigenvalue weighted by Crippen LogP contribution is -2.44. The average Bonchev–Trinajstić information content (AvgIpc) is 3.05. The quantitative estimate of drug-likeness (QED) is 0.777. The van der Waals surface area contributed by atoms with Crippen LogP contribution in [0.15, 0.2) is 30.5 Å². The first-order valence-corrected chi connectivity index (χ1v) is 10.9. The molecular formula is C19H27N3O3S. The first kappa shape index (κ1) is 18.9. The number of aromatic amines is 1. The van der Waals surface area contributed by atoms with Gasteiger partial charge in [-0.05, 0) is 37.3 Å². The molecule has 1 fully saturated rings. The van der Waals surface area contributed by atoms with Crippen LogP contribution in [0, 0.1) is 5.92 Å². The van der Waals surface area contributed by atoms with Gasteiger partial charge in [-0.25, -0.2) is 12.7 Å². The van der Waals surface area contributed by atoms with Crippen molar-refractivity contribution in [3.8, 4) is 0 Å². The summed E-state index contributed by atoms with van der Waals surface area (Å²) in [5.74, 6) is 0.137. The molecule has 0 aliphatic carbocycles. The van der Waals surface area contributed by atoms with E-state index in [2.05, 4.69) is 16.4 Å². The normalized spacial score (nSPS) is 16.8. The number of sulfonamides is 1. The van der Waals surface area contributed by atoms with E-state index < -0.39 is 10.0 Å². The molecule has 0 unspecified atom stereocenters. The molecule has 142 valence electrons. The number of carbonyl (C=O) groups excluding carboxylic acids is 1. The smallest absolute Gasteiger partial charge is 0.223 e. The molecule has 1 amide bonds. The van der Waals surface area contributed by atoms with Crippen molar-refractivity contribution in [1.82, 2.24) is 14.6 Å². The maximum atomic E-state index is 12.4. The maximum Gasteiger partial charge on any atom is 0.223 e. The van der Waals surface area contributed by atoms with Crippen LogP contribution >= 0.6 is 0 Å². The Bertz CT molecular complexity index is 852. The van der Waals surface area contributed by atoms with Gasteiger partial charge in [-0.15, -0.1) is 0 Å². The molecule has 6 nitrogen and oxygen atoms in total. The molecule has 2 heterocycles. The van der Waals surface area contributed by atoms with Crippen LogP contribution < -0.4 is 5.32 Å². The highest BCUT2D eigenvalue weighted by Gasteiger charge is 2.30. The Morgan fingerprint density at radius 2 is 2.00 bits per heavy atom. The molecule has 2 aromatic rings. The van der Waals surface area contributed by atoms with E-state index in [0.717, 1.165) is 11.9 Å². The van der Waals surface area contributed by atoms with Gasteiger partial charge in [-0.3, -0.25) is 4.79 Å². The summed E-state index contributed by atoms with van der Waals surface area (Å²) in [5.41, 5.74) is 2.30. The molecule has 3 rings (SSSR count). The lowest BCUT2D eigenvalue weighted by Gasteiger charge is -2.30. The minimum Gasteiger partial charge on any atom is -0.361 e. The number of hydrogen-bond acceptors (Lipinski definition) is 3. The largest absolute Gasteiger partial charge is 0.361 e. The van der Waals surface area contributed by atoms with Crippen LogP contribution in [0.1, 0.15) is 31.7 Å². The van der Waals surface area contributed by atoms with Crippen molar-refractivity contribution in [2.75, 3.05) is 25.4 Å². The van der Waals surface area contributed by atoms with Gasteiger partial charge in [0, 0.05) is 42.7 Å². The minimum absolute atomic E-state index is 0.0392. The van der Waals surface area contributed by atoms with E-state index in [1.807, 2.05) is 31.3 Å². The Hall–Kier alpha value is -1.86. The number of rotatable bonds is 7. The van der Waals surface area contributed by atoms with Gasteiger partial charge < -0.3 is 10.3 Å². The third-order valence-electron chi connectivity index (χ3n) is 5.05. The third kappa shape index (κ3) is 4.27. The van der Waals surface area contributed by atoms with Gasteiger partial charge >= 0.3 is 0 Å². The molecule has 0 saturated carbocycles. The second kappa shape index (κ2) is 8.22.